The SMILES string of the molecule is COc1ccc(F)c2[nH]c(CC(C)C)cc(=O)c12. The van der Waals surface area contributed by atoms with Gasteiger partial charge in [-0.1, -0.05) is 13.8 Å². The van der Waals surface area contributed by atoms with Gasteiger partial charge in [0.25, 0.3) is 0 Å². The lowest BCUT2D eigenvalue weighted by Crippen LogP contribution is -2.09. The standard InChI is InChI=1S/C14H16FNO2/c1-8(2)6-9-7-11(17)13-12(18-3)5-4-10(15)14(13)16-9/h4-5,7-8H,6H2,1-3H3,(H,16,17). The van der Waals surface area contributed by atoms with Crippen LogP contribution in [-0.2, 0) is 6.42 Å². The van der Waals surface area contributed by atoms with E-state index in [9.17, 15) is 9.18 Å². The van der Waals surface area contributed by atoms with E-state index in [4.69, 9.17) is 4.74 Å². The highest BCUT2D eigenvalue weighted by Crippen LogP contribution is 2.24. The lowest BCUT2D eigenvalue weighted by molar-refractivity contribution is 0.418. The minimum Gasteiger partial charge on any atom is -0.496 e. The molecule has 1 N–H and O–H groups in total. The van der Waals surface area contributed by atoms with E-state index in [0.29, 0.717) is 18.1 Å². The Kier molecular flexibility index (Phi) is 3.36. The molecular formula is C14H16FNO2. The number of pyridine rings is 1. The summed E-state index contributed by atoms with van der Waals surface area (Å²) in [6, 6.07) is 4.29. The predicted octanol–water partition coefficient (Wildman–Crippen LogP) is 2.87. The van der Waals surface area contributed by atoms with Gasteiger partial charge in [0.05, 0.1) is 18.0 Å². The van der Waals surface area contributed by atoms with Crippen molar-refractivity contribution in [2.75, 3.05) is 7.11 Å². The molecule has 0 atom stereocenters. The number of hydrogen-bond acceptors (Lipinski definition) is 2. The van der Waals surface area contributed by atoms with Crippen molar-refractivity contribution in [3.05, 3.63) is 39.9 Å². The van der Waals surface area contributed by atoms with Crippen LogP contribution in [0.1, 0.15) is 19.5 Å². The van der Waals surface area contributed by atoms with Crippen LogP contribution in [0.3, 0.4) is 0 Å². The number of ether oxygens (including phenoxy) is 1. The Morgan fingerprint density at radius 3 is 2.72 bits per heavy atom. The number of H-pyrrole nitrogens is 1. The normalized spacial score (nSPS) is 11.2. The monoisotopic (exact) mass is 249 g/mol. The third-order valence-corrected chi connectivity index (χ3v) is 2.80. The van der Waals surface area contributed by atoms with E-state index in [1.165, 1.54) is 25.3 Å². The molecule has 0 unspecified atom stereocenters. The van der Waals surface area contributed by atoms with Crippen molar-refractivity contribution in [1.82, 2.24) is 4.98 Å². The van der Waals surface area contributed by atoms with Crippen LogP contribution in [0.2, 0.25) is 0 Å². The molecule has 0 aliphatic rings. The van der Waals surface area contributed by atoms with Gasteiger partial charge in [0.15, 0.2) is 5.43 Å². The number of rotatable bonds is 3. The molecule has 0 spiro atoms. The Morgan fingerprint density at radius 2 is 2.11 bits per heavy atom. The van der Waals surface area contributed by atoms with Gasteiger partial charge in [-0.3, -0.25) is 4.79 Å². The molecular weight excluding hydrogens is 233 g/mol. The molecule has 0 amide bonds. The molecule has 1 aromatic carbocycles. The van der Waals surface area contributed by atoms with Crippen molar-refractivity contribution < 1.29 is 9.13 Å². The predicted molar refractivity (Wildman–Crippen MR) is 69.6 cm³/mol. The van der Waals surface area contributed by atoms with E-state index in [1.54, 1.807) is 0 Å². The molecule has 0 fully saturated rings. The highest BCUT2D eigenvalue weighted by atomic mass is 19.1. The zero-order chi connectivity index (χ0) is 13.3. The Bertz CT molecular complexity index is 631. The maximum atomic E-state index is 13.8. The molecule has 0 aliphatic heterocycles. The molecule has 0 aliphatic carbocycles. The minimum absolute atomic E-state index is 0.212. The average Bonchev–Trinajstić information content (AvgIpc) is 2.29. The fourth-order valence-corrected chi connectivity index (χ4v) is 2.07. The number of aromatic amines is 1. The van der Waals surface area contributed by atoms with Crippen molar-refractivity contribution in [2.45, 2.75) is 20.3 Å². The first-order valence-electron chi connectivity index (χ1n) is 5.91. The van der Waals surface area contributed by atoms with Crippen LogP contribution < -0.4 is 10.2 Å². The highest BCUT2D eigenvalue weighted by molar-refractivity contribution is 5.85. The molecule has 4 heteroatoms. The second kappa shape index (κ2) is 4.80. The summed E-state index contributed by atoms with van der Waals surface area (Å²) in [5.74, 6) is 0.351. The Labute approximate surface area is 105 Å². The van der Waals surface area contributed by atoms with Gasteiger partial charge in [-0.2, -0.15) is 0 Å². The number of aromatic nitrogens is 1. The molecule has 0 bridgehead atoms. The van der Waals surface area contributed by atoms with Crippen molar-refractivity contribution in [1.29, 1.82) is 0 Å². The summed E-state index contributed by atoms with van der Waals surface area (Å²) in [7, 11) is 1.47. The Balaban J connectivity index is 2.73. The maximum absolute atomic E-state index is 13.8. The molecule has 0 saturated heterocycles. The number of methoxy groups -OCH3 is 1. The van der Waals surface area contributed by atoms with Crippen LogP contribution in [0.5, 0.6) is 5.75 Å². The summed E-state index contributed by atoms with van der Waals surface area (Å²) in [6.07, 6.45) is 0.710. The van der Waals surface area contributed by atoms with Gasteiger partial charge in [-0.05, 0) is 24.5 Å². The van der Waals surface area contributed by atoms with E-state index >= 15 is 0 Å². The van der Waals surface area contributed by atoms with Gasteiger partial charge in [-0.25, -0.2) is 4.39 Å². The van der Waals surface area contributed by atoms with Crippen molar-refractivity contribution in [2.24, 2.45) is 5.92 Å². The first-order chi connectivity index (χ1) is 8.52. The molecule has 3 nitrogen and oxygen atoms in total. The van der Waals surface area contributed by atoms with E-state index in [0.717, 1.165) is 5.69 Å². The van der Waals surface area contributed by atoms with Gasteiger partial charge < -0.3 is 9.72 Å². The lowest BCUT2D eigenvalue weighted by Gasteiger charge is -2.09. The third-order valence-electron chi connectivity index (χ3n) is 2.80. The Morgan fingerprint density at radius 1 is 1.39 bits per heavy atom. The molecule has 2 rings (SSSR count). The van der Waals surface area contributed by atoms with Crippen molar-refractivity contribution in [3.8, 4) is 5.75 Å². The number of halogens is 1. The number of fused-ring (bicyclic) bond motifs is 1. The van der Waals surface area contributed by atoms with Crippen LogP contribution in [0.15, 0.2) is 23.0 Å². The summed E-state index contributed by atoms with van der Waals surface area (Å²) in [5, 5.41) is 0.269. The zero-order valence-electron chi connectivity index (χ0n) is 10.7. The molecule has 96 valence electrons. The minimum atomic E-state index is -0.437. The van der Waals surface area contributed by atoms with E-state index < -0.39 is 5.82 Å². The summed E-state index contributed by atoms with van der Waals surface area (Å²) >= 11 is 0. The van der Waals surface area contributed by atoms with Gasteiger partial charge in [0.2, 0.25) is 0 Å². The summed E-state index contributed by atoms with van der Waals surface area (Å²) in [4.78, 5) is 15.0. The van der Waals surface area contributed by atoms with Crippen LogP contribution in [0.25, 0.3) is 10.9 Å². The summed E-state index contributed by atoms with van der Waals surface area (Å²) < 4.78 is 18.9. The zero-order valence-corrected chi connectivity index (χ0v) is 10.7. The van der Waals surface area contributed by atoms with Gasteiger partial charge in [0.1, 0.15) is 11.6 Å². The summed E-state index contributed by atoms with van der Waals surface area (Å²) in [6.45, 7) is 4.09. The van der Waals surface area contributed by atoms with E-state index in [1.807, 2.05) is 13.8 Å². The van der Waals surface area contributed by atoms with Crippen LogP contribution >= 0.6 is 0 Å². The molecule has 1 heterocycles. The second-order valence-corrected chi connectivity index (χ2v) is 4.76. The van der Waals surface area contributed by atoms with Gasteiger partial charge >= 0.3 is 0 Å². The van der Waals surface area contributed by atoms with Crippen LogP contribution in [0.4, 0.5) is 4.39 Å². The average molecular weight is 249 g/mol. The first kappa shape index (κ1) is 12.6. The molecule has 1 aromatic heterocycles. The second-order valence-electron chi connectivity index (χ2n) is 4.76. The van der Waals surface area contributed by atoms with Crippen molar-refractivity contribution >= 4 is 10.9 Å². The number of benzene rings is 1. The fraction of sp³-hybridized carbons (Fsp3) is 0.357. The van der Waals surface area contributed by atoms with Gasteiger partial charge in [0, 0.05) is 11.8 Å². The fourth-order valence-electron chi connectivity index (χ4n) is 2.07. The third kappa shape index (κ3) is 2.23. The topological polar surface area (TPSA) is 42.1 Å². The number of nitrogens with one attached hydrogen (secondary N) is 1. The first-order valence-corrected chi connectivity index (χ1v) is 5.91. The molecule has 0 radical (unpaired) electrons. The quantitative estimate of drug-likeness (QED) is 0.908. The maximum Gasteiger partial charge on any atom is 0.193 e. The molecule has 2 aromatic rings. The number of hydrogen-bond donors (Lipinski definition) is 1. The van der Waals surface area contributed by atoms with Crippen molar-refractivity contribution in [3.63, 3.8) is 0 Å². The lowest BCUT2D eigenvalue weighted by atomic mass is 10.1. The van der Waals surface area contributed by atoms with Gasteiger partial charge in [-0.15, -0.1) is 0 Å². The van der Waals surface area contributed by atoms with E-state index in [-0.39, 0.29) is 16.3 Å². The Hall–Kier alpha value is -1.84. The summed E-state index contributed by atoms with van der Waals surface area (Å²) in [5.41, 5.74) is 0.753. The highest BCUT2D eigenvalue weighted by Gasteiger charge is 2.12. The van der Waals surface area contributed by atoms with Crippen LogP contribution in [-0.4, -0.2) is 12.1 Å². The van der Waals surface area contributed by atoms with Crippen LogP contribution in [0, 0.1) is 11.7 Å². The smallest absolute Gasteiger partial charge is 0.193 e. The molecule has 18 heavy (non-hydrogen) atoms. The largest absolute Gasteiger partial charge is 0.496 e. The van der Waals surface area contributed by atoms with E-state index in [2.05, 4.69) is 4.98 Å². The molecule has 0 saturated carbocycles.